The molecule has 0 aromatic carbocycles. The summed E-state index contributed by atoms with van der Waals surface area (Å²) in [6.07, 6.45) is 5.16. The summed E-state index contributed by atoms with van der Waals surface area (Å²) in [4.78, 5) is 27.3. The molecule has 0 aliphatic carbocycles. The molecule has 3 rings (SSSR count). The Bertz CT molecular complexity index is 742. The normalized spacial score (nSPS) is 22.4. The number of amides is 1. The number of aromatic nitrogens is 1. The summed E-state index contributed by atoms with van der Waals surface area (Å²) in [6, 6.07) is 4.44. The number of pyridine rings is 1. The summed E-state index contributed by atoms with van der Waals surface area (Å²) >= 11 is 6.31. The molecule has 1 amide bonds. The number of rotatable bonds is 7. The summed E-state index contributed by atoms with van der Waals surface area (Å²) in [5, 5.41) is 7.67. The number of hydrogen-bond acceptors (Lipinski definition) is 5. The van der Waals surface area contributed by atoms with Crippen LogP contribution in [0.2, 0.25) is 5.02 Å². The third-order valence-corrected chi connectivity index (χ3v) is 6.14. The van der Waals surface area contributed by atoms with E-state index < -0.39 is 0 Å². The molecule has 0 bridgehead atoms. The van der Waals surface area contributed by atoms with Gasteiger partial charge in [0, 0.05) is 52.0 Å². The molecular formula is C21H34ClN7O. The summed E-state index contributed by atoms with van der Waals surface area (Å²) < 4.78 is 0. The highest BCUT2D eigenvalue weighted by Crippen LogP contribution is 2.25. The lowest BCUT2D eigenvalue weighted by atomic mass is 10.2. The average Bonchev–Trinajstić information content (AvgIpc) is 3.39. The molecule has 1 aromatic rings. The molecule has 2 unspecified atom stereocenters. The number of carbonyl (C=O) groups excluding carboxylic acids is 1. The van der Waals surface area contributed by atoms with Gasteiger partial charge in [0.25, 0.3) is 0 Å². The van der Waals surface area contributed by atoms with Crippen LogP contribution in [0.25, 0.3) is 0 Å². The maximum absolute atomic E-state index is 12.0. The van der Waals surface area contributed by atoms with Crippen LogP contribution in [0.5, 0.6) is 0 Å². The second kappa shape index (κ2) is 10.8. The van der Waals surface area contributed by atoms with Gasteiger partial charge >= 0.3 is 0 Å². The Balaban J connectivity index is 1.61. The Morgan fingerprint density at radius 3 is 2.93 bits per heavy atom. The predicted molar refractivity (Wildman–Crippen MR) is 122 cm³/mol. The fourth-order valence-electron chi connectivity index (χ4n) is 4.07. The first-order valence-corrected chi connectivity index (χ1v) is 11.2. The van der Waals surface area contributed by atoms with E-state index in [2.05, 4.69) is 37.3 Å². The van der Waals surface area contributed by atoms with E-state index in [4.69, 9.17) is 11.6 Å². The minimum Gasteiger partial charge on any atom is -0.355 e. The Kier molecular flexibility index (Phi) is 8.16. The molecule has 0 spiro atoms. The van der Waals surface area contributed by atoms with Gasteiger partial charge in [-0.2, -0.15) is 0 Å². The van der Waals surface area contributed by atoms with Crippen LogP contribution in [0.4, 0.5) is 5.82 Å². The second-order valence-corrected chi connectivity index (χ2v) is 8.55. The van der Waals surface area contributed by atoms with Gasteiger partial charge in [-0.25, -0.2) is 9.98 Å². The quantitative estimate of drug-likeness (QED) is 0.498. The zero-order valence-electron chi connectivity index (χ0n) is 18.3. The van der Waals surface area contributed by atoms with E-state index in [1.54, 1.807) is 25.2 Å². The van der Waals surface area contributed by atoms with E-state index in [1.807, 2.05) is 12.1 Å². The number of nitrogens with zero attached hydrogens (tertiary/aromatic N) is 5. The number of nitrogens with one attached hydrogen (secondary N) is 2. The highest BCUT2D eigenvalue weighted by atomic mass is 35.5. The van der Waals surface area contributed by atoms with E-state index in [0.29, 0.717) is 17.0 Å². The summed E-state index contributed by atoms with van der Waals surface area (Å²) in [7, 11) is 3.50. The molecule has 2 fully saturated rings. The lowest BCUT2D eigenvalue weighted by molar-refractivity contribution is -0.127. The molecular weight excluding hydrogens is 402 g/mol. The van der Waals surface area contributed by atoms with Crippen molar-refractivity contribution in [3.05, 3.63) is 23.4 Å². The summed E-state index contributed by atoms with van der Waals surface area (Å²) in [5.74, 6) is 1.51. The van der Waals surface area contributed by atoms with Gasteiger partial charge in [-0.3, -0.25) is 9.69 Å². The molecule has 3 heterocycles. The molecule has 8 nitrogen and oxygen atoms in total. The molecule has 2 aliphatic rings. The zero-order valence-corrected chi connectivity index (χ0v) is 19.0. The molecule has 2 atom stereocenters. The number of halogens is 1. The number of anilines is 1. The lowest BCUT2D eigenvalue weighted by Crippen LogP contribution is -2.49. The maximum atomic E-state index is 12.0. The van der Waals surface area contributed by atoms with E-state index in [9.17, 15) is 4.79 Å². The molecule has 2 saturated heterocycles. The van der Waals surface area contributed by atoms with Gasteiger partial charge in [-0.1, -0.05) is 18.5 Å². The molecule has 1 aromatic heterocycles. The molecule has 0 saturated carbocycles. The fraction of sp³-hybridized carbons (Fsp3) is 0.667. The maximum Gasteiger partial charge on any atom is 0.243 e. The lowest BCUT2D eigenvalue weighted by Gasteiger charge is -2.25. The van der Waals surface area contributed by atoms with Crippen LogP contribution in [-0.4, -0.2) is 92.1 Å². The monoisotopic (exact) mass is 435 g/mol. The van der Waals surface area contributed by atoms with Crippen molar-refractivity contribution in [2.75, 3.05) is 58.3 Å². The van der Waals surface area contributed by atoms with Gasteiger partial charge in [-0.15, -0.1) is 0 Å². The number of guanidine groups is 1. The molecule has 166 valence electrons. The smallest absolute Gasteiger partial charge is 0.243 e. The van der Waals surface area contributed by atoms with Crippen LogP contribution >= 0.6 is 11.6 Å². The molecule has 9 heteroatoms. The number of carbonyl (C=O) groups is 1. The Morgan fingerprint density at radius 1 is 1.37 bits per heavy atom. The van der Waals surface area contributed by atoms with Crippen molar-refractivity contribution in [3.63, 3.8) is 0 Å². The first-order chi connectivity index (χ1) is 14.5. The van der Waals surface area contributed by atoms with Crippen molar-refractivity contribution in [1.82, 2.24) is 25.4 Å². The van der Waals surface area contributed by atoms with Gasteiger partial charge in [0.05, 0.1) is 5.02 Å². The first-order valence-electron chi connectivity index (χ1n) is 10.8. The largest absolute Gasteiger partial charge is 0.355 e. The number of aliphatic imine (C=N–C) groups is 1. The van der Waals surface area contributed by atoms with Crippen LogP contribution in [0.15, 0.2) is 23.3 Å². The second-order valence-electron chi connectivity index (χ2n) is 8.14. The number of likely N-dealkylation sites (N-methyl/N-ethyl adjacent to an activating group) is 2. The van der Waals surface area contributed by atoms with Gasteiger partial charge in [0.1, 0.15) is 12.4 Å². The van der Waals surface area contributed by atoms with Crippen LogP contribution in [0.3, 0.4) is 0 Å². The molecule has 2 aliphatic heterocycles. The molecule has 0 radical (unpaired) electrons. The third kappa shape index (κ3) is 5.98. The zero-order chi connectivity index (χ0) is 21.5. The SMILES string of the molecule is CCN1CCCC1CNC(=NCC(=O)N(C)C)NC1CCN(c2ncccc2Cl)C1. The minimum atomic E-state index is -0.0135. The van der Waals surface area contributed by atoms with Crippen molar-refractivity contribution in [2.45, 2.75) is 38.3 Å². The molecule has 2 N–H and O–H groups in total. The summed E-state index contributed by atoms with van der Waals surface area (Å²) in [6.45, 7) is 7.06. The number of likely N-dealkylation sites (tertiary alicyclic amines) is 1. The standard InChI is InChI=1S/C21H34ClN7O/c1-4-28-11-6-7-17(28)13-24-21(25-14-19(30)27(2)3)26-16-9-12-29(15-16)20-18(22)8-5-10-23-20/h5,8,10,16-17H,4,6-7,9,11-15H2,1-3H3,(H2,24,25,26). The van der Waals surface area contributed by atoms with Crippen molar-refractivity contribution in [1.29, 1.82) is 0 Å². The highest BCUT2D eigenvalue weighted by molar-refractivity contribution is 6.32. The Morgan fingerprint density at radius 2 is 2.20 bits per heavy atom. The van der Waals surface area contributed by atoms with Crippen LogP contribution in [0, 0.1) is 0 Å². The van der Waals surface area contributed by atoms with Crippen LogP contribution < -0.4 is 15.5 Å². The first kappa shape index (κ1) is 22.6. The van der Waals surface area contributed by atoms with E-state index in [-0.39, 0.29) is 18.5 Å². The van der Waals surface area contributed by atoms with Crippen LogP contribution in [-0.2, 0) is 4.79 Å². The van der Waals surface area contributed by atoms with Gasteiger partial charge in [-0.05, 0) is 44.5 Å². The van der Waals surface area contributed by atoms with Crippen molar-refractivity contribution < 1.29 is 4.79 Å². The van der Waals surface area contributed by atoms with Gasteiger partial charge < -0.3 is 20.4 Å². The van der Waals surface area contributed by atoms with Crippen molar-refractivity contribution in [3.8, 4) is 0 Å². The van der Waals surface area contributed by atoms with Gasteiger partial charge in [0.2, 0.25) is 5.91 Å². The molecule has 30 heavy (non-hydrogen) atoms. The minimum absolute atomic E-state index is 0.0135. The van der Waals surface area contributed by atoms with Crippen LogP contribution in [0.1, 0.15) is 26.2 Å². The van der Waals surface area contributed by atoms with Gasteiger partial charge in [0.15, 0.2) is 5.96 Å². The average molecular weight is 436 g/mol. The van der Waals surface area contributed by atoms with Crippen molar-refractivity contribution >= 4 is 29.3 Å². The van der Waals surface area contributed by atoms with Crippen molar-refractivity contribution in [2.24, 2.45) is 4.99 Å². The summed E-state index contributed by atoms with van der Waals surface area (Å²) in [5.41, 5.74) is 0. The fourth-order valence-corrected chi connectivity index (χ4v) is 4.31. The highest BCUT2D eigenvalue weighted by Gasteiger charge is 2.27. The number of hydrogen-bond donors (Lipinski definition) is 2. The topological polar surface area (TPSA) is 76.1 Å². The third-order valence-electron chi connectivity index (χ3n) is 5.85. The Labute approximate surface area is 184 Å². The predicted octanol–water partition coefficient (Wildman–Crippen LogP) is 1.42. The van der Waals surface area contributed by atoms with E-state index in [0.717, 1.165) is 45.0 Å². The Hall–Kier alpha value is -2.06. The van der Waals surface area contributed by atoms with E-state index >= 15 is 0 Å². The van der Waals surface area contributed by atoms with E-state index in [1.165, 1.54) is 12.8 Å².